The summed E-state index contributed by atoms with van der Waals surface area (Å²) in [6, 6.07) is 0.298. The van der Waals surface area contributed by atoms with Crippen LogP contribution in [0.1, 0.15) is 46.0 Å². The first kappa shape index (κ1) is 15.4. The zero-order chi connectivity index (χ0) is 13.4. The molecule has 18 heavy (non-hydrogen) atoms. The first-order chi connectivity index (χ1) is 8.65. The SMILES string of the molecule is COCCNC(=O)C(C)N[C@H](C)C1CCCCC1. The second-order valence-electron chi connectivity index (χ2n) is 5.36. The number of amides is 1. The van der Waals surface area contributed by atoms with Crippen LogP contribution >= 0.6 is 0 Å². The second-order valence-corrected chi connectivity index (χ2v) is 5.36. The van der Waals surface area contributed by atoms with Crippen LogP contribution in [0, 0.1) is 5.92 Å². The van der Waals surface area contributed by atoms with Gasteiger partial charge in [-0.05, 0) is 32.6 Å². The average Bonchev–Trinajstić information content (AvgIpc) is 2.39. The van der Waals surface area contributed by atoms with Crippen LogP contribution in [0.25, 0.3) is 0 Å². The van der Waals surface area contributed by atoms with Gasteiger partial charge in [0.1, 0.15) is 0 Å². The van der Waals surface area contributed by atoms with Gasteiger partial charge in [-0.3, -0.25) is 4.79 Å². The van der Waals surface area contributed by atoms with Gasteiger partial charge >= 0.3 is 0 Å². The van der Waals surface area contributed by atoms with Gasteiger partial charge in [0.2, 0.25) is 5.91 Å². The maximum Gasteiger partial charge on any atom is 0.236 e. The van der Waals surface area contributed by atoms with E-state index in [9.17, 15) is 4.79 Å². The van der Waals surface area contributed by atoms with Crippen molar-refractivity contribution in [3.63, 3.8) is 0 Å². The van der Waals surface area contributed by atoms with Gasteiger partial charge in [0.05, 0.1) is 12.6 Å². The molecule has 1 fully saturated rings. The molecule has 0 aromatic rings. The highest BCUT2D eigenvalue weighted by Gasteiger charge is 2.23. The Balaban J connectivity index is 2.24. The van der Waals surface area contributed by atoms with Crippen LogP contribution in [0.3, 0.4) is 0 Å². The van der Waals surface area contributed by atoms with Crippen molar-refractivity contribution < 1.29 is 9.53 Å². The molecule has 2 N–H and O–H groups in total. The van der Waals surface area contributed by atoms with E-state index < -0.39 is 0 Å². The van der Waals surface area contributed by atoms with Crippen molar-refractivity contribution in [1.82, 2.24) is 10.6 Å². The Morgan fingerprint density at radius 3 is 2.56 bits per heavy atom. The summed E-state index contributed by atoms with van der Waals surface area (Å²) in [5.74, 6) is 0.794. The molecule has 4 heteroatoms. The van der Waals surface area contributed by atoms with E-state index in [0.29, 0.717) is 19.2 Å². The molecular formula is C14H28N2O2. The largest absolute Gasteiger partial charge is 0.383 e. The number of methoxy groups -OCH3 is 1. The maximum atomic E-state index is 11.8. The third-order valence-corrected chi connectivity index (χ3v) is 3.87. The van der Waals surface area contributed by atoms with Gasteiger partial charge < -0.3 is 15.4 Å². The Morgan fingerprint density at radius 1 is 1.28 bits per heavy atom. The number of hydrogen-bond donors (Lipinski definition) is 2. The molecule has 0 spiro atoms. The van der Waals surface area contributed by atoms with Crippen LogP contribution in [-0.2, 0) is 9.53 Å². The molecule has 1 aliphatic rings. The van der Waals surface area contributed by atoms with Crippen LogP contribution < -0.4 is 10.6 Å². The van der Waals surface area contributed by atoms with E-state index in [1.165, 1.54) is 32.1 Å². The smallest absolute Gasteiger partial charge is 0.236 e. The van der Waals surface area contributed by atoms with E-state index in [-0.39, 0.29) is 11.9 Å². The van der Waals surface area contributed by atoms with Crippen molar-refractivity contribution in [1.29, 1.82) is 0 Å². The summed E-state index contributed by atoms with van der Waals surface area (Å²) in [4.78, 5) is 11.8. The summed E-state index contributed by atoms with van der Waals surface area (Å²) < 4.78 is 4.91. The molecule has 0 aliphatic heterocycles. The molecular weight excluding hydrogens is 228 g/mol. The number of carbonyl (C=O) groups excluding carboxylic acids is 1. The van der Waals surface area contributed by atoms with E-state index in [0.717, 1.165) is 5.92 Å². The second kappa shape index (κ2) is 8.48. The Bertz CT molecular complexity index is 240. The molecule has 1 unspecified atom stereocenters. The number of nitrogens with one attached hydrogen (secondary N) is 2. The van der Waals surface area contributed by atoms with Gasteiger partial charge in [-0.15, -0.1) is 0 Å². The molecule has 1 aliphatic carbocycles. The minimum Gasteiger partial charge on any atom is -0.383 e. The summed E-state index contributed by atoms with van der Waals surface area (Å²) >= 11 is 0. The van der Waals surface area contributed by atoms with Crippen molar-refractivity contribution in [3.05, 3.63) is 0 Å². The topological polar surface area (TPSA) is 50.4 Å². The van der Waals surface area contributed by atoms with Crippen molar-refractivity contribution in [3.8, 4) is 0 Å². The van der Waals surface area contributed by atoms with Crippen LogP contribution in [0.2, 0.25) is 0 Å². The molecule has 106 valence electrons. The summed E-state index contributed by atoms with van der Waals surface area (Å²) in [5, 5.41) is 6.29. The Hall–Kier alpha value is -0.610. The van der Waals surface area contributed by atoms with E-state index in [1.807, 2.05) is 6.92 Å². The lowest BCUT2D eigenvalue weighted by molar-refractivity contribution is -0.123. The monoisotopic (exact) mass is 256 g/mol. The fraction of sp³-hybridized carbons (Fsp3) is 0.929. The van der Waals surface area contributed by atoms with Gasteiger partial charge in [0.25, 0.3) is 0 Å². The van der Waals surface area contributed by atoms with Gasteiger partial charge in [-0.2, -0.15) is 0 Å². The highest BCUT2D eigenvalue weighted by molar-refractivity contribution is 5.81. The number of hydrogen-bond acceptors (Lipinski definition) is 3. The van der Waals surface area contributed by atoms with Crippen LogP contribution in [-0.4, -0.2) is 38.3 Å². The third-order valence-electron chi connectivity index (χ3n) is 3.87. The molecule has 0 saturated heterocycles. The number of rotatable bonds is 7. The minimum absolute atomic E-state index is 0.0645. The lowest BCUT2D eigenvalue weighted by Gasteiger charge is -2.30. The standard InChI is InChI=1S/C14H28N2O2/c1-11(13-7-5-4-6-8-13)16-12(2)14(17)15-9-10-18-3/h11-13,16H,4-10H2,1-3H3,(H,15,17)/t11-,12?/m1/s1. The highest BCUT2D eigenvalue weighted by atomic mass is 16.5. The van der Waals surface area contributed by atoms with Crippen molar-refractivity contribution in [2.45, 2.75) is 58.0 Å². The predicted octanol–water partition coefficient (Wildman–Crippen LogP) is 1.70. The molecule has 2 atom stereocenters. The molecule has 0 radical (unpaired) electrons. The van der Waals surface area contributed by atoms with E-state index in [4.69, 9.17) is 4.74 Å². The average molecular weight is 256 g/mol. The molecule has 1 amide bonds. The zero-order valence-electron chi connectivity index (χ0n) is 12.0. The van der Waals surface area contributed by atoms with Gasteiger partial charge in [-0.1, -0.05) is 19.3 Å². The van der Waals surface area contributed by atoms with Gasteiger partial charge in [0.15, 0.2) is 0 Å². The van der Waals surface area contributed by atoms with Gasteiger partial charge in [-0.25, -0.2) is 0 Å². The maximum absolute atomic E-state index is 11.8. The van der Waals surface area contributed by atoms with Crippen LogP contribution in [0.15, 0.2) is 0 Å². The Kier molecular flexibility index (Phi) is 7.28. The first-order valence-corrected chi connectivity index (χ1v) is 7.18. The van der Waals surface area contributed by atoms with Crippen molar-refractivity contribution in [2.24, 2.45) is 5.92 Å². The van der Waals surface area contributed by atoms with Crippen LogP contribution in [0.5, 0.6) is 0 Å². The van der Waals surface area contributed by atoms with Crippen molar-refractivity contribution >= 4 is 5.91 Å². The number of ether oxygens (including phenoxy) is 1. The molecule has 1 rings (SSSR count). The fourth-order valence-corrected chi connectivity index (χ4v) is 2.67. The third kappa shape index (κ3) is 5.36. The predicted molar refractivity (Wildman–Crippen MR) is 73.5 cm³/mol. The van der Waals surface area contributed by atoms with E-state index >= 15 is 0 Å². The minimum atomic E-state index is -0.126. The quantitative estimate of drug-likeness (QED) is 0.682. The fourth-order valence-electron chi connectivity index (χ4n) is 2.67. The lowest BCUT2D eigenvalue weighted by atomic mass is 9.84. The summed E-state index contributed by atoms with van der Waals surface area (Å²) in [7, 11) is 1.64. The van der Waals surface area contributed by atoms with E-state index in [2.05, 4.69) is 17.6 Å². The molecule has 0 heterocycles. The van der Waals surface area contributed by atoms with Crippen LogP contribution in [0.4, 0.5) is 0 Å². The van der Waals surface area contributed by atoms with Gasteiger partial charge in [0, 0.05) is 19.7 Å². The molecule has 0 aromatic carbocycles. The molecule has 4 nitrogen and oxygen atoms in total. The Labute approximate surface area is 111 Å². The summed E-state index contributed by atoms with van der Waals surface area (Å²) in [6.45, 7) is 5.28. The van der Waals surface area contributed by atoms with Crippen molar-refractivity contribution in [2.75, 3.05) is 20.3 Å². The highest BCUT2D eigenvalue weighted by Crippen LogP contribution is 2.26. The Morgan fingerprint density at radius 2 is 1.94 bits per heavy atom. The lowest BCUT2D eigenvalue weighted by Crippen LogP contribution is -2.48. The molecule has 1 saturated carbocycles. The molecule has 0 bridgehead atoms. The van der Waals surface area contributed by atoms with E-state index in [1.54, 1.807) is 7.11 Å². The summed E-state index contributed by atoms with van der Waals surface area (Å²) in [6.07, 6.45) is 6.64. The normalized spacial score (nSPS) is 20.4. The number of carbonyl (C=O) groups is 1. The zero-order valence-corrected chi connectivity index (χ0v) is 12.0. The summed E-state index contributed by atoms with van der Waals surface area (Å²) in [5.41, 5.74) is 0. The molecule has 0 aromatic heterocycles. The first-order valence-electron chi connectivity index (χ1n) is 7.18.